The number of morpholine rings is 1. The lowest BCUT2D eigenvalue weighted by Gasteiger charge is -2.23. The van der Waals surface area contributed by atoms with Gasteiger partial charge >= 0.3 is 0 Å². The summed E-state index contributed by atoms with van der Waals surface area (Å²) in [6.07, 6.45) is 3.82. The van der Waals surface area contributed by atoms with Crippen molar-refractivity contribution in [3.63, 3.8) is 0 Å². The first kappa shape index (κ1) is 12.6. The van der Waals surface area contributed by atoms with Crippen LogP contribution >= 0.6 is 0 Å². The Balaban J connectivity index is 1.90. The van der Waals surface area contributed by atoms with Crippen LogP contribution < -0.4 is 5.32 Å². The molecule has 1 saturated heterocycles. The smallest absolute Gasteiger partial charge is 0.159 e. The molecule has 1 aliphatic heterocycles. The van der Waals surface area contributed by atoms with Gasteiger partial charge in [0.1, 0.15) is 11.3 Å². The minimum atomic E-state index is 0.362. The molecule has 0 amide bonds. The number of hydrogen-bond donors (Lipinski definition) is 1. The second-order valence-electron chi connectivity index (χ2n) is 4.96. The zero-order valence-corrected chi connectivity index (χ0v) is 11.3. The van der Waals surface area contributed by atoms with Crippen LogP contribution in [0.15, 0.2) is 18.3 Å². The molecular formula is C14H20N4O. The molecule has 0 aliphatic carbocycles. The molecule has 3 heterocycles. The van der Waals surface area contributed by atoms with Crippen molar-refractivity contribution >= 4 is 11.2 Å². The molecule has 1 atom stereocenters. The fourth-order valence-corrected chi connectivity index (χ4v) is 2.59. The van der Waals surface area contributed by atoms with E-state index in [1.165, 1.54) is 0 Å². The third-order valence-corrected chi connectivity index (χ3v) is 3.46. The molecule has 1 fully saturated rings. The monoisotopic (exact) mass is 260 g/mol. The highest BCUT2D eigenvalue weighted by Crippen LogP contribution is 2.16. The number of ether oxygens (including phenoxy) is 1. The van der Waals surface area contributed by atoms with Crippen LogP contribution in [0.4, 0.5) is 0 Å². The van der Waals surface area contributed by atoms with E-state index < -0.39 is 0 Å². The standard InChI is InChI=1S/C14H20N4O/c1-2-7-18-13(9-11-10-19-8-6-15-11)17-12-4-3-5-16-14(12)18/h3-5,11,15H,2,6-10H2,1H3. The number of nitrogens with zero attached hydrogens (tertiary/aromatic N) is 3. The number of hydrogen-bond acceptors (Lipinski definition) is 4. The van der Waals surface area contributed by atoms with Gasteiger partial charge in [0, 0.05) is 31.7 Å². The molecule has 2 aromatic heterocycles. The molecule has 0 bridgehead atoms. The van der Waals surface area contributed by atoms with E-state index in [0.717, 1.165) is 56.1 Å². The number of pyridine rings is 1. The molecule has 19 heavy (non-hydrogen) atoms. The maximum Gasteiger partial charge on any atom is 0.159 e. The second-order valence-corrected chi connectivity index (χ2v) is 4.96. The summed E-state index contributed by atoms with van der Waals surface area (Å²) in [7, 11) is 0. The Morgan fingerprint density at radius 3 is 3.26 bits per heavy atom. The highest BCUT2D eigenvalue weighted by Gasteiger charge is 2.18. The minimum Gasteiger partial charge on any atom is -0.379 e. The van der Waals surface area contributed by atoms with Gasteiger partial charge in [0.05, 0.1) is 13.2 Å². The SMILES string of the molecule is CCCn1c(CC2COCCN2)nc2cccnc21. The van der Waals surface area contributed by atoms with Crippen LogP contribution in [0.25, 0.3) is 11.2 Å². The molecule has 102 valence electrons. The van der Waals surface area contributed by atoms with Gasteiger partial charge in [-0.05, 0) is 18.6 Å². The van der Waals surface area contributed by atoms with Crippen molar-refractivity contribution in [1.82, 2.24) is 19.9 Å². The van der Waals surface area contributed by atoms with Gasteiger partial charge in [0.2, 0.25) is 0 Å². The van der Waals surface area contributed by atoms with Gasteiger partial charge in [0.15, 0.2) is 5.65 Å². The Morgan fingerprint density at radius 2 is 2.47 bits per heavy atom. The lowest BCUT2D eigenvalue weighted by molar-refractivity contribution is 0.0761. The highest BCUT2D eigenvalue weighted by molar-refractivity contribution is 5.71. The first-order valence-corrected chi connectivity index (χ1v) is 6.99. The van der Waals surface area contributed by atoms with Crippen molar-refractivity contribution < 1.29 is 4.74 Å². The van der Waals surface area contributed by atoms with E-state index in [0.29, 0.717) is 6.04 Å². The van der Waals surface area contributed by atoms with Crippen LogP contribution in [0, 0.1) is 0 Å². The largest absolute Gasteiger partial charge is 0.379 e. The van der Waals surface area contributed by atoms with Gasteiger partial charge < -0.3 is 14.6 Å². The van der Waals surface area contributed by atoms with Gasteiger partial charge in [-0.3, -0.25) is 0 Å². The molecule has 2 aromatic rings. The number of imidazole rings is 1. The van der Waals surface area contributed by atoms with Crippen LogP contribution in [-0.2, 0) is 17.7 Å². The van der Waals surface area contributed by atoms with Crippen LogP contribution in [0.1, 0.15) is 19.2 Å². The number of nitrogens with one attached hydrogen (secondary N) is 1. The first-order chi connectivity index (χ1) is 9.38. The molecule has 1 aliphatic rings. The topological polar surface area (TPSA) is 52.0 Å². The lowest BCUT2D eigenvalue weighted by Crippen LogP contribution is -2.43. The normalized spacial score (nSPS) is 19.9. The fourth-order valence-electron chi connectivity index (χ4n) is 2.59. The third-order valence-electron chi connectivity index (χ3n) is 3.46. The summed E-state index contributed by atoms with van der Waals surface area (Å²) in [6, 6.07) is 4.33. The maximum atomic E-state index is 5.51. The molecule has 1 unspecified atom stereocenters. The predicted molar refractivity (Wildman–Crippen MR) is 74.1 cm³/mol. The van der Waals surface area contributed by atoms with Crippen molar-refractivity contribution in [2.75, 3.05) is 19.8 Å². The second kappa shape index (κ2) is 5.67. The average Bonchev–Trinajstić information content (AvgIpc) is 2.79. The molecule has 5 heteroatoms. The molecule has 0 saturated carbocycles. The van der Waals surface area contributed by atoms with E-state index in [1.54, 1.807) is 0 Å². The van der Waals surface area contributed by atoms with Crippen LogP contribution in [0.2, 0.25) is 0 Å². The van der Waals surface area contributed by atoms with E-state index in [9.17, 15) is 0 Å². The Bertz CT molecular complexity index is 545. The number of aryl methyl sites for hydroxylation is 1. The Morgan fingerprint density at radius 1 is 1.53 bits per heavy atom. The molecular weight excluding hydrogens is 240 g/mol. The van der Waals surface area contributed by atoms with Crippen LogP contribution in [0.3, 0.4) is 0 Å². The van der Waals surface area contributed by atoms with E-state index in [1.807, 2.05) is 18.3 Å². The van der Waals surface area contributed by atoms with Crippen molar-refractivity contribution in [3.05, 3.63) is 24.2 Å². The van der Waals surface area contributed by atoms with Gasteiger partial charge in [-0.1, -0.05) is 6.92 Å². The van der Waals surface area contributed by atoms with E-state index >= 15 is 0 Å². The van der Waals surface area contributed by atoms with E-state index in [2.05, 4.69) is 21.8 Å². The van der Waals surface area contributed by atoms with Crippen molar-refractivity contribution in [2.45, 2.75) is 32.4 Å². The number of aromatic nitrogens is 3. The summed E-state index contributed by atoms with van der Waals surface area (Å²) in [5, 5.41) is 3.48. The molecule has 0 spiro atoms. The summed E-state index contributed by atoms with van der Waals surface area (Å²) >= 11 is 0. The zero-order chi connectivity index (χ0) is 13.1. The quantitative estimate of drug-likeness (QED) is 0.902. The molecule has 5 nitrogen and oxygen atoms in total. The minimum absolute atomic E-state index is 0.362. The molecule has 0 radical (unpaired) electrons. The Kier molecular flexibility index (Phi) is 3.75. The van der Waals surface area contributed by atoms with E-state index in [4.69, 9.17) is 9.72 Å². The summed E-state index contributed by atoms with van der Waals surface area (Å²) in [4.78, 5) is 9.19. The van der Waals surface area contributed by atoms with Crippen molar-refractivity contribution in [3.8, 4) is 0 Å². The Labute approximate surface area is 113 Å². The van der Waals surface area contributed by atoms with Gasteiger partial charge in [-0.25, -0.2) is 9.97 Å². The average molecular weight is 260 g/mol. The van der Waals surface area contributed by atoms with E-state index in [-0.39, 0.29) is 0 Å². The van der Waals surface area contributed by atoms with Crippen LogP contribution in [0.5, 0.6) is 0 Å². The summed E-state index contributed by atoms with van der Waals surface area (Å²) in [5.41, 5.74) is 1.98. The number of rotatable bonds is 4. The maximum absolute atomic E-state index is 5.51. The number of fused-ring (bicyclic) bond motifs is 1. The van der Waals surface area contributed by atoms with Crippen molar-refractivity contribution in [2.24, 2.45) is 0 Å². The summed E-state index contributed by atoms with van der Waals surface area (Å²) in [5.74, 6) is 1.11. The summed E-state index contributed by atoms with van der Waals surface area (Å²) in [6.45, 7) is 5.65. The van der Waals surface area contributed by atoms with Crippen LogP contribution in [-0.4, -0.2) is 40.3 Å². The first-order valence-electron chi connectivity index (χ1n) is 6.99. The van der Waals surface area contributed by atoms with Crippen molar-refractivity contribution in [1.29, 1.82) is 0 Å². The molecule has 3 rings (SSSR count). The molecule has 0 aromatic carbocycles. The highest BCUT2D eigenvalue weighted by atomic mass is 16.5. The van der Waals surface area contributed by atoms with Gasteiger partial charge in [-0.2, -0.15) is 0 Å². The summed E-state index contributed by atoms with van der Waals surface area (Å²) < 4.78 is 7.75. The fraction of sp³-hybridized carbons (Fsp3) is 0.571. The predicted octanol–water partition coefficient (Wildman–Crippen LogP) is 1.37. The Hall–Kier alpha value is -1.46. The molecule has 1 N–H and O–H groups in total. The zero-order valence-electron chi connectivity index (χ0n) is 11.3. The van der Waals surface area contributed by atoms with Gasteiger partial charge in [0.25, 0.3) is 0 Å². The van der Waals surface area contributed by atoms with Gasteiger partial charge in [-0.15, -0.1) is 0 Å². The lowest BCUT2D eigenvalue weighted by atomic mass is 10.2. The third kappa shape index (κ3) is 2.62.